The molecule has 1 aliphatic rings. The Morgan fingerprint density at radius 3 is 2.94 bits per heavy atom. The van der Waals surface area contributed by atoms with E-state index in [4.69, 9.17) is 5.73 Å². The zero-order valence-corrected chi connectivity index (χ0v) is 9.08. The highest BCUT2D eigenvalue weighted by atomic mass is 16.4. The standard InChI is InChI=1S/C11H12N4O2/c12-7-5-11(6-7,10(16)17)8-4-9-13-2-1-3-15(9)14-8/h1-4,7H,5-6,12H2,(H,16,17). The summed E-state index contributed by atoms with van der Waals surface area (Å²) >= 11 is 0. The van der Waals surface area contributed by atoms with Crippen LogP contribution in [0.15, 0.2) is 24.5 Å². The largest absolute Gasteiger partial charge is 0.481 e. The Balaban J connectivity index is 2.10. The van der Waals surface area contributed by atoms with Crippen LogP contribution in [-0.2, 0) is 10.2 Å². The third kappa shape index (κ3) is 1.34. The van der Waals surface area contributed by atoms with Crippen LogP contribution in [0.25, 0.3) is 5.65 Å². The van der Waals surface area contributed by atoms with E-state index >= 15 is 0 Å². The molecule has 1 fully saturated rings. The molecule has 0 saturated heterocycles. The summed E-state index contributed by atoms with van der Waals surface area (Å²) in [7, 11) is 0. The maximum absolute atomic E-state index is 11.4. The van der Waals surface area contributed by atoms with Gasteiger partial charge in [0, 0.05) is 24.5 Å². The van der Waals surface area contributed by atoms with Gasteiger partial charge in [0.05, 0.1) is 5.69 Å². The van der Waals surface area contributed by atoms with E-state index in [9.17, 15) is 9.90 Å². The second-order valence-corrected chi connectivity index (χ2v) is 4.51. The summed E-state index contributed by atoms with van der Waals surface area (Å²) in [6.45, 7) is 0. The van der Waals surface area contributed by atoms with Gasteiger partial charge < -0.3 is 10.8 Å². The van der Waals surface area contributed by atoms with Gasteiger partial charge in [-0.1, -0.05) is 0 Å². The molecule has 0 aromatic carbocycles. The number of carbonyl (C=O) groups is 1. The van der Waals surface area contributed by atoms with Crippen molar-refractivity contribution in [3.63, 3.8) is 0 Å². The van der Waals surface area contributed by atoms with Gasteiger partial charge >= 0.3 is 5.97 Å². The highest BCUT2D eigenvalue weighted by Gasteiger charge is 2.52. The first-order valence-electron chi connectivity index (χ1n) is 5.42. The molecular weight excluding hydrogens is 220 g/mol. The highest BCUT2D eigenvalue weighted by Crippen LogP contribution is 2.42. The normalized spacial score (nSPS) is 27.9. The van der Waals surface area contributed by atoms with Crippen LogP contribution in [0.4, 0.5) is 0 Å². The number of nitrogens with two attached hydrogens (primary N) is 1. The molecule has 1 saturated carbocycles. The number of rotatable bonds is 2. The van der Waals surface area contributed by atoms with Gasteiger partial charge in [-0.15, -0.1) is 0 Å². The molecular formula is C11H12N4O2. The van der Waals surface area contributed by atoms with E-state index in [1.807, 2.05) is 0 Å². The van der Waals surface area contributed by atoms with Gasteiger partial charge in [0.15, 0.2) is 5.65 Å². The molecule has 88 valence electrons. The SMILES string of the molecule is NC1CC(C(=O)O)(c2cc3ncccn3n2)C1. The highest BCUT2D eigenvalue weighted by molar-refractivity contribution is 5.82. The number of hydrogen-bond donors (Lipinski definition) is 2. The van der Waals surface area contributed by atoms with Crippen LogP contribution in [0.2, 0.25) is 0 Å². The van der Waals surface area contributed by atoms with E-state index in [0.717, 1.165) is 0 Å². The van der Waals surface area contributed by atoms with Crippen molar-refractivity contribution in [2.24, 2.45) is 5.73 Å². The topological polar surface area (TPSA) is 93.5 Å². The van der Waals surface area contributed by atoms with Gasteiger partial charge in [0.25, 0.3) is 0 Å². The van der Waals surface area contributed by atoms with E-state index in [-0.39, 0.29) is 6.04 Å². The van der Waals surface area contributed by atoms with Gasteiger partial charge in [-0.2, -0.15) is 5.10 Å². The number of nitrogens with zero attached hydrogens (tertiary/aromatic N) is 3. The lowest BCUT2D eigenvalue weighted by Crippen LogP contribution is -2.54. The number of hydrogen-bond acceptors (Lipinski definition) is 4. The molecule has 0 unspecified atom stereocenters. The van der Waals surface area contributed by atoms with Crippen LogP contribution in [0.3, 0.4) is 0 Å². The van der Waals surface area contributed by atoms with E-state index in [1.165, 1.54) is 0 Å². The molecule has 0 atom stereocenters. The van der Waals surface area contributed by atoms with Gasteiger partial charge in [-0.05, 0) is 18.9 Å². The summed E-state index contributed by atoms with van der Waals surface area (Å²) in [6.07, 6.45) is 4.28. The predicted octanol–water partition coefficient (Wildman–Crippen LogP) is 0.173. The number of fused-ring (bicyclic) bond motifs is 1. The smallest absolute Gasteiger partial charge is 0.315 e. The molecule has 6 nitrogen and oxygen atoms in total. The van der Waals surface area contributed by atoms with Crippen LogP contribution in [0.1, 0.15) is 18.5 Å². The minimum atomic E-state index is -0.923. The fraction of sp³-hybridized carbons (Fsp3) is 0.364. The molecule has 0 radical (unpaired) electrons. The van der Waals surface area contributed by atoms with E-state index in [0.29, 0.717) is 24.2 Å². The molecule has 2 aromatic rings. The Kier molecular flexibility index (Phi) is 1.97. The fourth-order valence-corrected chi connectivity index (χ4v) is 2.39. The Labute approximate surface area is 97.1 Å². The van der Waals surface area contributed by atoms with Crippen molar-refractivity contribution in [2.45, 2.75) is 24.3 Å². The summed E-state index contributed by atoms with van der Waals surface area (Å²) in [5.74, 6) is -0.859. The van der Waals surface area contributed by atoms with E-state index < -0.39 is 11.4 Å². The lowest BCUT2D eigenvalue weighted by Gasteiger charge is -2.41. The zero-order valence-electron chi connectivity index (χ0n) is 9.08. The first-order chi connectivity index (χ1) is 8.12. The Morgan fingerprint density at radius 2 is 2.35 bits per heavy atom. The van der Waals surface area contributed by atoms with Crippen molar-refractivity contribution in [3.8, 4) is 0 Å². The molecule has 0 amide bonds. The average Bonchev–Trinajstić information content (AvgIpc) is 2.67. The number of carboxylic acids is 1. The maximum atomic E-state index is 11.4. The summed E-state index contributed by atoms with van der Waals surface area (Å²) in [6, 6.07) is 3.42. The van der Waals surface area contributed by atoms with Crippen molar-refractivity contribution in [1.82, 2.24) is 14.6 Å². The molecule has 1 aliphatic carbocycles. The van der Waals surface area contributed by atoms with Crippen LogP contribution < -0.4 is 5.73 Å². The Morgan fingerprint density at radius 1 is 1.59 bits per heavy atom. The van der Waals surface area contributed by atoms with Crippen LogP contribution in [-0.4, -0.2) is 31.7 Å². The van der Waals surface area contributed by atoms with Crippen molar-refractivity contribution >= 4 is 11.6 Å². The second-order valence-electron chi connectivity index (χ2n) is 4.51. The first-order valence-corrected chi connectivity index (χ1v) is 5.42. The monoisotopic (exact) mass is 232 g/mol. The lowest BCUT2D eigenvalue weighted by atomic mass is 9.64. The average molecular weight is 232 g/mol. The Hall–Kier alpha value is -1.95. The summed E-state index contributed by atoms with van der Waals surface area (Å²) < 4.78 is 1.59. The fourth-order valence-electron chi connectivity index (χ4n) is 2.39. The van der Waals surface area contributed by atoms with Crippen molar-refractivity contribution in [3.05, 3.63) is 30.2 Å². The zero-order chi connectivity index (χ0) is 12.0. The minimum Gasteiger partial charge on any atom is -0.481 e. The minimum absolute atomic E-state index is 0.0520. The number of aromatic nitrogens is 3. The third-order valence-corrected chi connectivity index (χ3v) is 3.36. The molecule has 2 heterocycles. The first kappa shape index (κ1) is 10.2. The maximum Gasteiger partial charge on any atom is 0.315 e. The Bertz CT molecular complexity index is 553. The summed E-state index contributed by atoms with van der Waals surface area (Å²) in [5.41, 5.74) is 5.99. The molecule has 0 spiro atoms. The van der Waals surface area contributed by atoms with Crippen LogP contribution in [0.5, 0.6) is 0 Å². The molecule has 3 rings (SSSR count). The molecule has 17 heavy (non-hydrogen) atoms. The molecule has 0 aliphatic heterocycles. The predicted molar refractivity (Wildman–Crippen MR) is 59.5 cm³/mol. The second kappa shape index (κ2) is 3.27. The summed E-state index contributed by atoms with van der Waals surface area (Å²) in [5, 5.41) is 13.6. The molecule has 2 aromatic heterocycles. The van der Waals surface area contributed by atoms with Crippen molar-refractivity contribution < 1.29 is 9.90 Å². The van der Waals surface area contributed by atoms with E-state index in [2.05, 4.69) is 10.1 Å². The van der Waals surface area contributed by atoms with Crippen molar-refractivity contribution in [1.29, 1.82) is 0 Å². The van der Waals surface area contributed by atoms with E-state index in [1.54, 1.807) is 29.0 Å². The quantitative estimate of drug-likeness (QED) is 0.770. The molecule has 0 bridgehead atoms. The molecule has 6 heteroatoms. The molecule has 3 N–H and O–H groups in total. The van der Waals surface area contributed by atoms with Gasteiger partial charge in [-0.3, -0.25) is 4.79 Å². The number of carboxylic acid groups (broad SMARTS) is 1. The van der Waals surface area contributed by atoms with Crippen molar-refractivity contribution in [2.75, 3.05) is 0 Å². The van der Waals surface area contributed by atoms with Gasteiger partial charge in [0.1, 0.15) is 5.41 Å². The number of aliphatic carboxylic acids is 1. The van der Waals surface area contributed by atoms with Gasteiger partial charge in [0.2, 0.25) is 0 Å². The van der Waals surface area contributed by atoms with Crippen LogP contribution in [0, 0.1) is 0 Å². The summed E-state index contributed by atoms with van der Waals surface area (Å²) in [4.78, 5) is 15.5. The van der Waals surface area contributed by atoms with Crippen LogP contribution >= 0.6 is 0 Å². The third-order valence-electron chi connectivity index (χ3n) is 3.36. The van der Waals surface area contributed by atoms with Gasteiger partial charge in [-0.25, -0.2) is 9.50 Å². The lowest BCUT2D eigenvalue weighted by molar-refractivity contribution is -0.148.